The summed E-state index contributed by atoms with van der Waals surface area (Å²) in [6.07, 6.45) is 0. The molecule has 0 amide bonds. The number of para-hydroxylation sites is 5. The molecule has 9 aromatic carbocycles. The summed E-state index contributed by atoms with van der Waals surface area (Å²) in [6.45, 7) is 0. The first kappa shape index (κ1) is 35.2. The van der Waals surface area contributed by atoms with Crippen LogP contribution in [0.25, 0.3) is 116 Å². The molecule has 63 heavy (non-hydrogen) atoms. The SMILES string of the molecule is c1ccc(-c2nc(-c3cccc(-c4cccc5c4c4cc(-n6c7ccccc7c7ccccc76)ccc4n5-c4ccccc4)c3)nc3c2c2ccccc2n3-c2ccccc2)cc1. The number of aromatic nitrogens is 5. The maximum Gasteiger partial charge on any atom is 0.162 e. The van der Waals surface area contributed by atoms with Gasteiger partial charge in [0.2, 0.25) is 0 Å². The quantitative estimate of drug-likeness (QED) is 0.168. The minimum atomic E-state index is 0.677. The third kappa shape index (κ3) is 5.43. The van der Waals surface area contributed by atoms with Gasteiger partial charge in [0.1, 0.15) is 5.65 Å². The van der Waals surface area contributed by atoms with Gasteiger partial charge in [-0.3, -0.25) is 4.57 Å². The Morgan fingerprint density at radius 2 is 0.794 bits per heavy atom. The zero-order chi connectivity index (χ0) is 41.4. The maximum atomic E-state index is 5.47. The van der Waals surface area contributed by atoms with Crippen LogP contribution < -0.4 is 0 Å². The molecule has 5 nitrogen and oxygen atoms in total. The maximum absolute atomic E-state index is 5.47. The third-order valence-electron chi connectivity index (χ3n) is 12.6. The lowest BCUT2D eigenvalue weighted by Crippen LogP contribution is -1.99. The number of nitrogens with zero attached hydrogens (tertiary/aromatic N) is 5. The van der Waals surface area contributed by atoms with Crippen molar-refractivity contribution in [1.29, 1.82) is 0 Å². The summed E-state index contributed by atoms with van der Waals surface area (Å²) in [5.74, 6) is 0.677. The Labute approximate surface area is 363 Å². The van der Waals surface area contributed by atoms with E-state index in [1.54, 1.807) is 0 Å². The standard InChI is InChI=1S/C58H37N5/c1-4-18-38(19-5-1)56-55-47-28-12-15-32-51(47)63(42-24-8-3-9-25-42)58(55)60-57(59-56)40-21-16-20-39(36-40)44-29-17-33-53-54(44)48-37-43(34-35-52(48)61(53)41-22-6-2-7-23-41)62-49-30-13-10-26-45(49)46-27-11-14-31-50(46)62/h1-37H. The highest BCUT2D eigenvalue weighted by atomic mass is 15.1. The minimum Gasteiger partial charge on any atom is -0.309 e. The van der Waals surface area contributed by atoms with Crippen LogP contribution in [0.15, 0.2) is 224 Å². The second-order valence-electron chi connectivity index (χ2n) is 16.2. The predicted molar refractivity (Wildman–Crippen MR) is 261 cm³/mol. The van der Waals surface area contributed by atoms with Crippen LogP contribution in [-0.2, 0) is 0 Å². The topological polar surface area (TPSA) is 40.6 Å². The molecule has 5 heteroatoms. The predicted octanol–water partition coefficient (Wildman–Crippen LogP) is 14.8. The molecule has 0 aliphatic rings. The van der Waals surface area contributed by atoms with Gasteiger partial charge >= 0.3 is 0 Å². The number of hydrogen-bond donors (Lipinski definition) is 0. The van der Waals surface area contributed by atoms with Crippen LogP contribution in [0.2, 0.25) is 0 Å². The number of hydrogen-bond acceptors (Lipinski definition) is 2. The molecule has 4 heterocycles. The fourth-order valence-electron chi connectivity index (χ4n) is 9.95. The molecule has 0 bridgehead atoms. The van der Waals surface area contributed by atoms with Crippen molar-refractivity contribution in [2.45, 2.75) is 0 Å². The fourth-order valence-corrected chi connectivity index (χ4v) is 9.95. The first-order chi connectivity index (χ1) is 31.3. The van der Waals surface area contributed by atoms with Crippen molar-refractivity contribution in [2.75, 3.05) is 0 Å². The zero-order valence-corrected chi connectivity index (χ0v) is 34.1. The van der Waals surface area contributed by atoms with E-state index in [9.17, 15) is 0 Å². The van der Waals surface area contributed by atoms with Crippen molar-refractivity contribution in [3.05, 3.63) is 224 Å². The van der Waals surface area contributed by atoms with Gasteiger partial charge in [-0.25, -0.2) is 9.97 Å². The van der Waals surface area contributed by atoms with Gasteiger partial charge in [0, 0.05) is 55.1 Å². The van der Waals surface area contributed by atoms with E-state index in [0.29, 0.717) is 5.82 Å². The normalized spacial score (nSPS) is 11.8. The summed E-state index contributed by atoms with van der Waals surface area (Å²) in [7, 11) is 0. The monoisotopic (exact) mass is 803 g/mol. The van der Waals surface area contributed by atoms with E-state index in [-0.39, 0.29) is 0 Å². The third-order valence-corrected chi connectivity index (χ3v) is 12.6. The van der Waals surface area contributed by atoms with Crippen molar-refractivity contribution in [3.8, 4) is 50.8 Å². The van der Waals surface area contributed by atoms with Gasteiger partial charge in [-0.05, 0) is 83.9 Å². The van der Waals surface area contributed by atoms with Gasteiger partial charge in [0.25, 0.3) is 0 Å². The van der Waals surface area contributed by atoms with Crippen LogP contribution in [0.4, 0.5) is 0 Å². The van der Waals surface area contributed by atoms with E-state index < -0.39 is 0 Å². The molecule has 0 spiro atoms. The Morgan fingerprint density at radius 1 is 0.286 bits per heavy atom. The summed E-state index contributed by atoms with van der Waals surface area (Å²) in [5, 5.41) is 7.04. The molecule has 0 radical (unpaired) electrons. The molecule has 0 aliphatic carbocycles. The summed E-state index contributed by atoms with van der Waals surface area (Å²) in [5.41, 5.74) is 15.1. The van der Waals surface area contributed by atoms with Crippen LogP contribution in [0.1, 0.15) is 0 Å². The Balaban J connectivity index is 1.06. The second kappa shape index (κ2) is 14.0. The Bertz CT molecular complexity index is 3840. The van der Waals surface area contributed by atoms with Gasteiger partial charge in [-0.2, -0.15) is 0 Å². The van der Waals surface area contributed by atoms with E-state index in [4.69, 9.17) is 9.97 Å². The van der Waals surface area contributed by atoms with Gasteiger partial charge in [-0.15, -0.1) is 0 Å². The molecule has 0 fully saturated rings. The van der Waals surface area contributed by atoms with Crippen molar-refractivity contribution in [3.63, 3.8) is 0 Å². The minimum absolute atomic E-state index is 0.677. The molecule has 0 aliphatic heterocycles. The number of fused-ring (bicyclic) bond motifs is 9. The molecule has 13 rings (SSSR count). The van der Waals surface area contributed by atoms with Crippen molar-refractivity contribution >= 4 is 65.5 Å². The average Bonchev–Trinajstić information content (AvgIpc) is 4.00. The van der Waals surface area contributed by atoms with Crippen molar-refractivity contribution in [1.82, 2.24) is 23.7 Å². The summed E-state index contributed by atoms with van der Waals surface area (Å²) < 4.78 is 7.09. The number of benzene rings is 9. The van der Waals surface area contributed by atoms with Crippen LogP contribution in [0, 0.1) is 0 Å². The van der Waals surface area contributed by atoms with E-state index in [1.807, 2.05) is 0 Å². The molecule has 4 aromatic heterocycles. The number of rotatable bonds is 6. The highest BCUT2D eigenvalue weighted by molar-refractivity contribution is 6.17. The van der Waals surface area contributed by atoms with Crippen LogP contribution in [0.3, 0.4) is 0 Å². The molecular weight excluding hydrogens is 767 g/mol. The summed E-state index contributed by atoms with van der Waals surface area (Å²) in [4.78, 5) is 10.9. The fraction of sp³-hybridized carbons (Fsp3) is 0. The van der Waals surface area contributed by atoms with Gasteiger partial charge < -0.3 is 9.13 Å². The molecule has 0 saturated carbocycles. The first-order valence-electron chi connectivity index (χ1n) is 21.4. The lowest BCUT2D eigenvalue weighted by molar-refractivity contribution is 1.11. The van der Waals surface area contributed by atoms with E-state index in [0.717, 1.165) is 78.0 Å². The van der Waals surface area contributed by atoms with Crippen LogP contribution in [0.5, 0.6) is 0 Å². The Morgan fingerprint density at radius 3 is 1.49 bits per heavy atom. The second-order valence-corrected chi connectivity index (χ2v) is 16.2. The van der Waals surface area contributed by atoms with E-state index in [1.165, 1.54) is 32.6 Å². The van der Waals surface area contributed by atoms with E-state index >= 15 is 0 Å². The van der Waals surface area contributed by atoms with Gasteiger partial charge in [0.05, 0.1) is 38.7 Å². The molecular formula is C58H37N5. The Hall–Kier alpha value is -8.54. The largest absolute Gasteiger partial charge is 0.309 e. The van der Waals surface area contributed by atoms with E-state index in [2.05, 4.69) is 238 Å². The summed E-state index contributed by atoms with van der Waals surface area (Å²) >= 11 is 0. The molecule has 0 N–H and O–H groups in total. The van der Waals surface area contributed by atoms with Crippen LogP contribution in [-0.4, -0.2) is 23.7 Å². The molecule has 13 aromatic rings. The summed E-state index contributed by atoms with van der Waals surface area (Å²) in [6, 6.07) is 80.2. The zero-order valence-electron chi connectivity index (χ0n) is 34.1. The lowest BCUT2D eigenvalue weighted by atomic mass is 9.97. The molecule has 0 unspecified atom stereocenters. The highest BCUT2D eigenvalue weighted by Crippen LogP contribution is 2.43. The first-order valence-corrected chi connectivity index (χ1v) is 21.4. The molecule has 294 valence electrons. The van der Waals surface area contributed by atoms with Crippen molar-refractivity contribution in [2.24, 2.45) is 0 Å². The molecule has 0 atom stereocenters. The average molecular weight is 804 g/mol. The Kier molecular flexibility index (Phi) is 7.84. The smallest absolute Gasteiger partial charge is 0.162 e. The highest BCUT2D eigenvalue weighted by Gasteiger charge is 2.22. The van der Waals surface area contributed by atoms with Gasteiger partial charge in [-0.1, -0.05) is 152 Å². The van der Waals surface area contributed by atoms with Crippen LogP contribution >= 0.6 is 0 Å². The lowest BCUT2D eigenvalue weighted by Gasteiger charge is -2.12. The van der Waals surface area contributed by atoms with Gasteiger partial charge in [0.15, 0.2) is 5.82 Å². The molecule has 0 saturated heterocycles. The van der Waals surface area contributed by atoms with Crippen molar-refractivity contribution < 1.29 is 0 Å².